The number of nitrogens with zero attached hydrogens (tertiary/aromatic N) is 1. The molecule has 92 valence electrons. The van der Waals surface area contributed by atoms with Crippen molar-refractivity contribution in [3.05, 3.63) is 35.6 Å². The van der Waals surface area contributed by atoms with E-state index < -0.39 is 0 Å². The van der Waals surface area contributed by atoms with E-state index in [-0.39, 0.29) is 5.88 Å². The van der Waals surface area contributed by atoms with Crippen LogP contribution in [-0.4, -0.2) is 7.11 Å². The van der Waals surface area contributed by atoms with Gasteiger partial charge >= 0.3 is 0 Å². The van der Waals surface area contributed by atoms with Crippen molar-refractivity contribution in [2.75, 3.05) is 12.8 Å². The van der Waals surface area contributed by atoms with Gasteiger partial charge < -0.3 is 14.9 Å². The molecule has 2 rings (SSSR count). The van der Waals surface area contributed by atoms with Crippen LogP contribution in [0.3, 0.4) is 0 Å². The lowest BCUT2D eigenvalue weighted by atomic mass is 10.0. The SMILES string of the molecule is CCc1cc(-c2coc(N)c2C#N)ccc1OC. The van der Waals surface area contributed by atoms with Crippen LogP contribution in [0.4, 0.5) is 5.88 Å². The molecule has 1 aromatic carbocycles. The van der Waals surface area contributed by atoms with Gasteiger partial charge in [-0.1, -0.05) is 13.0 Å². The van der Waals surface area contributed by atoms with Crippen molar-refractivity contribution in [1.29, 1.82) is 5.26 Å². The van der Waals surface area contributed by atoms with Gasteiger partial charge in [0.2, 0.25) is 5.88 Å². The maximum atomic E-state index is 9.06. The molecule has 0 spiro atoms. The summed E-state index contributed by atoms with van der Waals surface area (Å²) in [4.78, 5) is 0. The number of benzene rings is 1. The summed E-state index contributed by atoms with van der Waals surface area (Å²) in [5.41, 5.74) is 8.68. The molecule has 0 aliphatic heterocycles. The molecule has 0 amide bonds. The number of methoxy groups -OCH3 is 1. The zero-order valence-electron chi connectivity index (χ0n) is 10.4. The second kappa shape index (κ2) is 4.84. The Bertz CT molecular complexity index is 609. The molecule has 0 aliphatic carbocycles. The summed E-state index contributed by atoms with van der Waals surface area (Å²) in [7, 11) is 1.64. The highest BCUT2D eigenvalue weighted by Gasteiger charge is 2.14. The third-order valence-corrected chi connectivity index (χ3v) is 2.90. The highest BCUT2D eigenvalue weighted by atomic mass is 16.5. The Labute approximate surface area is 106 Å². The Kier molecular flexibility index (Phi) is 3.24. The van der Waals surface area contributed by atoms with Gasteiger partial charge in [0.15, 0.2) is 0 Å². The van der Waals surface area contributed by atoms with E-state index in [1.807, 2.05) is 18.2 Å². The van der Waals surface area contributed by atoms with E-state index in [1.165, 1.54) is 6.26 Å². The lowest BCUT2D eigenvalue weighted by Crippen LogP contribution is -1.92. The van der Waals surface area contributed by atoms with Gasteiger partial charge in [-0.25, -0.2) is 0 Å². The van der Waals surface area contributed by atoms with Crippen molar-refractivity contribution < 1.29 is 9.15 Å². The van der Waals surface area contributed by atoms with Crippen LogP contribution < -0.4 is 10.5 Å². The van der Waals surface area contributed by atoms with Crippen molar-refractivity contribution in [3.63, 3.8) is 0 Å². The molecule has 1 heterocycles. The molecule has 0 aliphatic rings. The number of anilines is 1. The molecule has 2 aromatic rings. The number of hydrogen-bond donors (Lipinski definition) is 1. The Morgan fingerprint density at radius 3 is 2.83 bits per heavy atom. The molecule has 2 N–H and O–H groups in total. The summed E-state index contributed by atoms with van der Waals surface area (Å²) in [5, 5.41) is 9.06. The van der Waals surface area contributed by atoms with Gasteiger partial charge in [0, 0.05) is 5.56 Å². The lowest BCUT2D eigenvalue weighted by molar-refractivity contribution is 0.410. The number of hydrogen-bond acceptors (Lipinski definition) is 4. The number of ether oxygens (including phenoxy) is 1. The monoisotopic (exact) mass is 242 g/mol. The molecule has 0 radical (unpaired) electrons. The van der Waals surface area contributed by atoms with Crippen LogP contribution in [0.2, 0.25) is 0 Å². The molecule has 4 nitrogen and oxygen atoms in total. The number of nitrogens with two attached hydrogens (primary N) is 1. The van der Waals surface area contributed by atoms with E-state index in [2.05, 4.69) is 13.0 Å². The van der Waals surface area contributed by atoms with Crippen LogP contribution in [0, 0.1) is 11.3 Å². The standard InChI is InChI=1S/C14H14N2O2/c1-3-9-6-10(4-5-13(9)17-2)12-8-18-14(16)11(12)7-15/h4-6,8H,3,16H2,1-2H3. The summed E-state index contributed by atoms with van der Waals surface area (Å²) in [6, 6.07) is 7.83. The fourth-order valence-electron chi connectivity index (χ4n) is 1.92. The van der Waals surface area contributed by atoms with Crippen molar-refractivity contribution in [1.82, 2.24) is 0 Å². The molecule has 0 atom stereocenters. The van der Waals surface area contributed by atoms with Crippen LogP contribution in [0.15, 0.2) is 28.9 Å². The third kappa shape index (κ3) is 1.91. The summed E-state index contributed by atoms with van der Waals surface area (Å²) in [5.74, 6) is 0.998. The van der Waals surface area contributed by atoms with E-state index >= 15 is 0 Å². The normalized spacial score (nSPS) is 10.1. The average Bonchev–Trinajstić information content (AvgIpc) is 2.78. The highest BCUT2D eigenvalue weighted by Crippen LogP contribution is 2.32. The van der Waals surface area contributed by atoms with Gasteiger partial charge in [0.1, 0.15) is 23.6 Å². The van der Waals surface area contributed by atoms with E-state index in [1.54, 1.807) is 7.11 Å². The van der Waals surface area contributed by atoms with Crippen molar-refractivity contribution in [2.24, 2.45) is 0 Å². The fraction of sp³-hybridized carbons (Fsp3) is 0.214. The molecular weight excluding hydrogens is 228 g/mol. The average molecular weight is 242 g/mol. The quantitative estimate of drug-likeness (QED) is 0.898. The summed E-state index contributed by atoms with van der Waals surface area (Å²) < 4.78 is 10.4. The maximum Gasteiger partial charge on any atom is 0.208 e. The van der Waals surface area contributed by atoms with Crippen molar-refractivity contribution in [3.8, 4) is 22.9 Å². The van der Waals surface area contributed by atoms with Gasteiger partial charge in [-0.05, 0) is 29.7 Å². The van der Waals surface area contributed by atoms with E-state index in [0.29, 0.717) is 11.1 Å². The second-order valence-corrected chi connectivity index (χ2v) is 3.88. The molecule has 0 bridgehead atoms. The topological polar surface area (TPSA) is 72.2 Å². The minimum atomic E-state index is 0.154. The number of nitriles is 1. The van der Waals surface area contributed by atoms with Crippen LogP contribution in [0.5, 0.6) is 5.75 Å². The van der Waals surface area contributed by atoms with Gasteiger partial charge in [-0.2, -0.15) is 5.26 Å². The number of furan rings is 1. The van der Waals surface area contributed by atoms with Crippen LogP contribution in [0.25, 0.3) is 11.1 Å². The highest BCUT2D eigenvalue weighted by molar-refractivity contribution is 5.75. The second-order valence-electron chi connectivity index (χ2n) is 3.88. The van der Waals surface area contributed by atoms with Crippen molar-refractivity contribution in [2.45, 2.75) is 13.3 Å². The predicted molar refractivity (Wildman–Crippen MR) is 69.2 cm³/mol. The number of nitrogen functional groups attached to an aromatic ring is 1. The summed E-state index contributed by atoms with van der Waals surface area (Å²) in [6.45, 7) is 2.05. The molecule has 0 saturated heterocycles. The van der Waals surface area contributed by atoms with E-state index in [4.69, 9.17) is 20.1 Å². The Morgan fingerprint density at radius 2 is 2.22 bits per heavy atom. The molecule has 0 unspecified atom stereocenters. The van der Waals surface area contributed by atoms with Crippen LogP contribution in [0.1, 0.15) is 18.1 Å². The zero-order valence-corrected chi connectivity index (χ0v) is 10.4. The first-order valence-electron chi connectivity index (χ1n) is 5.65. The lowest BCUT2D eigenvalue weighted by Gasteiger charge is -2.08. The summed E-state index contributed by atoms with van der Waals surface area (Å²) >= 11 is 0. The van der Waals surface area contributed by atoms with Crippen LogP contribution in [-0.2, 0) is 6.42 Å². The molecule has 0 saturated carbocycles. The van der Waals surface area contributed by atoms with Gasteiger partial charge in [0.05, 0.1) is 7.11 Å². The number of rotatable bonds is 3. The predicted octanol–water partition coefficient (Wildman–Crippen LogP) is 2.97. The molecule has 4 heteroatoms. The minimum Gasteiger partial charge on any atom is -0.496 e. The third-order valence-electron chi connectivity index (χ3n) is 2.90. The Hall–Kier alpha value is -2.41. The van der Waals surface area contributed by atoms with E-state index in [0.717, 1.165) is 23.3 Å². The Balaban J connectivity index is 2.55. The minimum absolute atomic E-state index is 0.154. The molecule has 0 fully saturated rings. The summed E-state index contributed by atoms with van der Waals surface area (Å²) in [6.07, 6.45) is 2.36. The molecule has 1 aromatic heterocycles. The van der Waals surface area contributed by atoms with Crippen LogP contribution >= 0.6 is 0 Å². The molecule has 18 heavy (non-hydrogen) atoms. The largest absolute Gasteiger partial charge is 0.496 e. The van der Waals surface area contributed by atoms with Gasteiger partial charge in [-0.15, -0.1) is 0 Å². The van der Waals surface area contributed by atoms with E-state index in [9.17, 15) is 0 Å². The smallest absolute Gasteiger partial charge is 0.208 e. The van der Waals surface area contributed by atoms with Gasteiger partial charge in [-0.3, -0.25) is 0 Å². The van der Waals surface area contributed by atoms with Gasteiger partial charge in [0.25, 0.3) is 0 Å². The first-order valence-corrected chi connectivity index (χ1v) is 5.65. The number of aryl methyl sites for hydroxylation is 1. The first-order chi connectivity index (χ1) is 8.71. The fourth-order valence-corrected chi connectivity index (χ4v) is 1.92. The molecular formula is C14H14N2O2. The zero-order chi connectivity index (χ0) is 13.1. The first kappa shape index (κ1) is 12.1. The maximum absolute atomic E-state index is 9.06. The Morgan fingerprint density at radius 1 is 1.44 bits per heavy atom. The van der Waals surface area contributed by atoms with Crippen molar-refractivity contribution >= 4 is 5.88 Å².